The molecule has 2 aliphatic heterocycles. The molecule has 4 rings (SSSR count). The van der Waals surface area contributed by atoms with E-state index in [1.807, 2.05) is 9.80 Å². The molecule has 1 aromatic carbocycles. The van der Waals surface area contributed by atoms with Crippen molar-refractivity contribution >= 4 is 70.5 Å². The van der Waals surface area contributed by atoms with Crippen LogP contribution in [0, 0.1) is 0 Å². The number of rotatable bonds is 7. The fourth-order valence-electron chi connectivity index (χ4n) is 4.00. The van der Waals surface area contributed by atoms with Crippen molar-refractivity contribution in [3.05, 3.63) is 40.2 Å². The first-order valence-corrected chi connectivity index (χ1v) is 10.2. The second-order valence-corrected chi connectivity index (χ2v) is 7.86. The van der Waals surface area contributed by atoms with E-state index in [1.165, 1.54) is 0 Å². The Morgan fingerprint density at radius 2 is 1.94 bits per heavy atom. The molecule has 2 aromatic rings. The van der Waals surface area contributed by atoms with Crippen LogP contribution in [0.3, 0.4) is 0 Å². The quantitative estimate of drug-likeness (QED) is 0.269. The Balaban J connectivity index is 0.00000324. The van der Waals surface area contributed by atoms with Gasteiger partial charge in [-0.3, -0.25) is 19.4 Å². The summed E-state index contributed by atoms with van der Waals surface area (Å²) in [4.78, 5) is 57.5. The first-order valence-electron chi connectivity index (χ1n) is 10.2. The molecule has 2 aliphatic rings. The van der Waals surface area contributed by atoms with Crippen LogP contribution >= 0.6 is 0 Å². The molecule has 1 fully saturated rings. The molecule has 7 N–H and O–H groups in total. The molecule has 1 radical (unpaired) electrons. The van der Waals surface area contributed by atoms with Crippen molar-refractivity contribution < 1.29 is 24.6 Å². The summed E-state index contributed by atoms with van der Waals surface area (Å²) in [5, 5.41) is 23.4. The van der Waals surface area contributed by atoms with Gasteiger partial charge in [0.2, 0.25) is 5.95 Å². The van der Waals surface area contributed by atoms with Gasteiger partial charge in [-0.05, 0) is 30.7 Å². The monoisotopic (exact) mass is 480 g/mol. The number of nitrogens with two attached hydrogens (primary N) is 1. The van der Waals surface area contributed by atoms with Gasteiger partial charge in [-0.1, -0.05) is 0 Å². The Labute approximate surface area is 215 Å². The van der Waals surface area contributed by atoms with Gasteiger partial charge in [0, 0.05) is 60.3 Å². The van der Waals surface area contributed by atoms with Crippen molar-refractivity contribution in [3.8, 4) is 0 Å². The minimum atomic E-state index is -1.30. The van der Waals surface area contributed by atoms with Crippen LogP contribution < -0.4 is 31.7 Å². The summed E-state index contributed by atoms with van der Waals surface area (Å²) in [7, 11) is 0. The molecule has 14 heteroatoms. The standard InChI is InChI=1S/C20H23N7O6.Na/c21-20-24-16-15(18(31)25-20)27-9-26(8-12(27)7-22-16)11-3-1-10(2-4-11)17(30)23-13(19(32)33)5-6-14(28)29;/h1-4,12-13H,5-9H2,(H,23,30)(H,28,29)(H,32,33)(H4,21,22,24,25,31);/t12-,13+;/m1./s1. The molecule has 34 heavy (non-hydrogen) atoms. The molecule has 1 saturated heterocycles. The maximum Gasteiger partial charge on any atom is 0.326 e. The first-order chi connectivity index (χ1) is 15.7. The number of carbonyl (C=O) groups is 3. The number of nitrogens with zero attached hydrogens (tertiary/aromatic N) is 3. The van der Waals surface area contributed by atoms with Crippen LogP contribution in [0.1, 0.15) is 23.2 Å². The van der Waals surface area contributed by atoms with Crippen molar-refractivity contribution in [3.63, 3.8) is 0 Å². The van der Waals surface area contributed by atoms with Crippen molar-refractivity contribution in [2.45, 2.75) is 24.9 Å². The first kappa shape index (κ1) is 25.3. The average molecular weight is 480 g/mol. The molecular formula is C20H23N7NaO6. The zero-order valence-corrected chi connectivity index (χ0v) is 20.4. The van der Waals surface area contributed by atoms with Gasteiger partial charge < -0.3 is 36.4 Å². The molecule has 0 spiro atoms. The maximum atomic E-state index is 12.4. The average Bonchev–Trinajstić information content (AvgIpc) is 3.20. The number of carboxylic acid groups (broad SMARTS) is 2. The van der Waals surface area contributed by atoms with E-state index < -0.39 is 23.9 Å². The number of aromatic nitrogens is 2. The van der Waals surface area contributed by atoms with Crippen molar-refractivity contribution in [1.29, 1.82) is 0 Å². The van der Waals surface area contributed by atoms with E-state index in [9.17, 15) is 24.3 Å². The van der Waals surface area contributed by atoms with Crippen LogP contribution in [0.15, 0.2) is 29.1 Å². The number of aromatic amines is 1. The smallest absolute Gasteiger partial charge is 0.326 e. The number of H-pyrrole nitrogens is 1. The Kier molecular flexibility index (Phi) is 7.69. The second kappa shape index (κ2) is 10.3. The summed E-state index contributed by atoms with van der Waals surface area (Å²) in [5.74, 6) is -2.55. The molecule has 3 heterocycles. The van der Waals surface area contributed by atoms with Crippen LogP contribution in [-0.2, 0) is 9.59 Å². The van der Waals surface area contributed by atoms with E-state index in [-0.39, 0.29) is 65.5 Å². The number of hydrogen-bond donors (Lipinski definition) is 6. The molecule has 2 atom stereocenters. The van der Waals surface area contributed by atoms with Gasteiger partial charge in [0.05, 0.1) is 12.7 Å². The summed E-state index contributed by atoms with van der Waals surface area (Å²) in [6.45, 7) is 1.67. The SMILES string of the molecule is Nc1nc2c(c(=O)[nH]1)N1CN(c3ccc(C(=O)N[C@@H](CCC(=O)O)C(=O)O)cc3)C[C@H]1CN2.[Na]. The molecule has 1 amide bonds. The second-order valence-electron chi connectivity index (χ2n) is 7.86. The van der Waals surface area contributed by atoms with E-state index in [0.717, 1.165) is 5.69 Å². The maximum absolute atomic E-state index is 12.4. The number of nitrogen functional groups attached to an aromatic ring is 1. The third-order valence-corrected chi connectivity index (χ3v) is 5.65. The minimum Gasteiger partial charge on any atom is -0.481 e. The third-order valence-electron chi connectivity index (χ3n) is 5.65. The Morgan fingerprint density at radius 1 is 1.24 bits per heavy atom. The topological polar surface area (TPSA) is 194 Å². The summed E-state index contributed by atoms with van der Waals surface area (Å²) >= 11 is 0. The summed E-state index contributed by atoms with van der Waals surface area (Å²) in [5.41, 5.74) is 6.81. The van der Waals surface area contributed by atoms with Crippen LogP contribution in [0.2, 0.25) is 0 Å². The molecule has 13 nitrogen and oxygen atoms in total. The van der Waals surface area contributed by atoms with Crippen molar-refractivity contribution in [1.82, 2.24) is 15.3 Å². The Bertz CT molecular complexity index is 1160. The predicted octanol–water partition coefficient (Wildman–Crippen LogP) is -0.903. The molecular weight excluding hydrogens is 457 g/mol. The number of fused-ring (bicyclic) bond motifs is 3. The number of nitrogens with one attached hydrogen (secondary N) is 3. The molecule has 0 bridgehead atoms. The van der Waals surface area contributed by atoms with Gasteiger partial charge in [0.15, 0.2) is 5.82 Å². The zero-order chi connectivity index (χ0) is 23.7. The van der Waals surface area contributed by atoms with Gasteiger partial charge in [0.1, 0.15) is 11.7 Å². The number of benzene rings is 1. The van der Waals surface area contributed by atoms with Crippen molar-refractivity contribution in [2.75, 3.05) is 40.6 Å². The van der Waals surface area contributed by atoms with E-state index in [0.29, 0.717) is 31.3 Å². The number of aliphatic carboxylic acids is 2. The number of carbonyl (C=O) groups excluding carboxylic acids is 1. The number of hydrogen-bond acceptors (Lipinski definition) is 9. The summed E-state index contributed by atoms with van der Waals surface area (Å²) < 4.78 is 0. The van der Waals surface area contributed by atoms with E-state index in [2.05, 4.69) is 20.6 Å². The van der Waals surface area contributed by atoms with Crippen LogP contribution in [-0.4, -0.2) is 99.4 Å². The van der Waals surface area contributed by atoms with Crippen molar-refractivity contribution in [2.24, 2.45) is 0 Å². The number of carboxylic acids is 2. The number of amides is 1. The number of anilines is 4. The fourth-order valence-corrected chi connectivity index (χ4v) is 4.00. The fraction of sp³-hybridized carbons (Fsp3) is 0.350. The normalized spacial score (nSPS) is 17.0. The largest absolute Gasteiger partial charge is 0.481 e. The van der Waals surface area contributed by atoms with Gasteiger partial charge in [-0.15, -0.1) is 0 Å². The predicted molar refractivity (Wildman–Crippen MR) is 124 cm³/mol. The molecule has 0 saturated carbocycles. The Hall–Kier alpha value is -3.29. The van der Waals surface area contributed by atoms with E-state index >= 15 is 0 Å². The van der Waals surface area contributed by atoms with Crippen LogP contribution in [0.5, 0.6) is 0 Å². The van der Waals surface area contributed by atoms with E-state index in [4.69, 9.17) is 10.8 Å². The molecule has 175 valence electrons. The van der Waals surface area contributed by atoms with Crippen LogP contribution in [0.25, 0.3) is 0 Å². The van der Waals surface area contributed by atoms with E-state index in [1.54, 1.807) is 24.3 Å². The van der Waals surface area contributed by atoms with Gasteiger partial charge in [0.25, 0.3) is 11.5 Å². The Morgan fingerprint density at radius 3 is 2.59 bits per heavy atom. The molecule has 0 unspecified atom stereocenters. The van der Waals surface area contributed by atoms with Gasteiger partial charge in [-0.25, -0.2) is 4.79 Å². The molecule has 1 aromatic heterocycles. The van der Waals surface area contributed by atoms with Crippen LogP contribution in [0.4, 0.5) is 23.1 Å². The van der Waals surface area contributed by atoms with Gasteiger partial charge in [-0.2, -0.15) is 4.98 Å². The third kappa shape index (κ3) is 5.26. The molecule has 0 aliphatic carbocycles. The summed E-state index contributed by atoms with van der Waals surface area (Å²) in [6, 6.07) is 5.35. The minimum absolute atomic E-state index is 0. The zero-order valence-electron chi connectivity index (χ0n) is 18.4. The van der Waals surface area contributed by atoms with Gasteiger partial charge >= 0.3 is 11.9 Å². The summed E-state index contributed by atoms with van der Waals surface area (Å²) in [6.07, 6.45) is -0.583.